The lowest BCUT2D eigenvalue weighted by Crippen LogP contribution is -2.09. The molecule has 0 rings (SSSR count). The molecule has 0 amide bonds. The first kappa shape index (κ1) is 5.99. The summed E-state index contributed by atoms with van der Waals surface area (Å²) in [4.78, 5) is 0. The van der Waals surface area contributed by atoms with Crippen molar-refractivity contribution in [1.29, 1.82) is 0 Å². The Kier molecular flexibility index (Phi) is 3.19. The van der Waals surface area contributed by atoms with Crippen LogP contribution in [0.25, 0.3) is 0 Å². The van der Waals surface area contributed by atoms with E-state index in [1.165, 1.54) is 0 Å². The van der Waals surface area contributed by atoms with Crippen molar-refractivity contribution in [2.24, 2.45) is 0 Å². The van der Waals surface area contributed by atoms with Gasteiger partial charge in [0.2, 0.25) is 0 Å². The van der Waals surface area contributed by atoms with Crippen molar-refractivity contribution in [3.63, 3.8) is 0 Å². The normalized spacial score (nSPS) is 14.3. The summed E-state index contributed by atoms with van der Waals surface area (Å²) in [5.74, 6) is 0. The molecule has 1 unspecified atom stereocenters. The lowest BCUT2D eigenvalue weighted by atomic mass is 13.3. The van der Waals surface area contributed by atoms with Crippen molar-refractivity contribution in [3.8, 4) is 0 Å². The van der Waals surface area contributed by atoms with Gasteiger partial charge in [-0.1, -0.05) is 5.64 Å². The first-order valence-corrected chi connectivity index (χ1v) is 1.93. The molecule has 0 aromatic heterocycles. The zero-order valence-electron chi connectivity index (χ0n) is 2.58. The Labute approximate surface area is 36.3 Å². The van der Waals surface area contributed by atoms with Crippen LogP contribution in [0.4, 0.5) is 0 Å². The van der Waals surface area contributed by atoms with Crippen LogP contribution in [0.2, 0.25) is 0 Å². The smallest absolute Gasteiger partial charge is 0.108 e. The monoisotopic (exact) mass is 112 g/mol. The summed E-state index contributed by atoms with van der Waals surface area (Å²) in [5, 5.41) is 7.37. The van der Waals surface area contributed by atoms with Crippen LogP contribution in [0.3, 0.4) is 0 Å². The van der Waals surface area contributed by atoms with Gasteiger partial charge in [-0.25, -0.2) is 4.21 Å². The minimum atomic E-state index is -2.68. The predicted molar refractivity (Wildman–Crippen MR) is 14.9 cm³/mol. The maximum atomic E-state index is 9.15. The van der Waals surface area contributed by atoms with E-state index in [4.69, 9.17) is 14.0 Å². The molecule has 0 heterocycles. The highest BCUT2D eigenvalue weighted by Crippen LogP contribution is 1.63. The van der Waals surface area contributed by atoms with Crippen LogP contribution in [-0.4, -0.2) is 14.0 Å². The SMILES string of the molecule is O=S([O-])ONO. The summed E-state index contributed by atoms with van der Waals surface area (Å²) in [6, 6.07) is 0. The van der Waals surface area contributed by atoms with Gasteiger partial charge in [-0.2, -0.15) is 4.28 Å². The third kappa shape index (κ3) is 3.99. The molecular weight excluding hydrogens is 110 g/mol. The van der Waals surface area contributed by atoms with E-state index in [2.05, 4.69) is 4.28 Å². The Hall–Kier alpha value is -0.0100. The molecule has 2 N–H and O–H groups in total. The molecular formula is H2NO4S-. The second kappa shape index (κ2) is 3.19. The predicted octanol–water partition coefficient (Wildman–Crippen LogP) is -1.31. The summed E-state index contributed by atoms with van der Waals surface area (Å²) in [6.45, 7) is 0. The van der Waals surface area contributed by atoms with Gasteiger partial charge in [-0.05, 0) is 0 Å². The van der Waals surface area contributed by atoms with Crippen LogP contribution in [0, 0.1) is 0 Å². The van der Waals surface area contributed by atoms with E-state index >= 15 is 0 Å². The molecule has 0 aliphatic rings. The van der Waals surface area contributed by atoms with Gasteiger partial charge in [0.25, 0.3) is 0 Å². The average Bonchev–Trinajstić information content (AvgIpc) is 1.35. The summed E-state index contributed by atoms with van der Waals surface area (Å²) in [7, 11) is 0. The molecule has 0 saturated carbocycles. The second-order valence-electron chi connectivity index (χ2n) is 0.379. The molecule has 1 atom stereocenters. The first-order chi connectivity index (χ1) is 2.77. The number of nitrogens with one attached hydrogen (secondary N) is 1. The van der Waals surface area contributed by atoms with E-state index in [1.54, 1.807) is 0 Å². The van der Waals surface area contributed by atoms with Crippen LogP contribution in [-0.2, 0) is 15.6 Å². The Balaban J connectivity index is 2.83. The largest absolute Gasteiger partial charge is 0.748 e. The summed E-state index contributed by atoms with van der Waals surface area (Å²) < 4.78 is 21.6. The molecule has 0 aliphatic heterocycles. The Morgan fingerprint density at radius 1 is 2.00 bits per heavy atom. The highest BCUT2D eigenvalue weighted by atomic mass is 32.2. The Morgan fingerprint density at radius 3 is 2.50 bits per heavy atom. The molecule has 6 heavy (non-hydrogen) atoms. The summed E-state index contributed by atoms with van der Waals surface area (Å²) >= 11 is -2.68. The van der Waals surface area contributed by atoms with Crippen LogP contribution < -0.4 is 5.64 Å². The minimum Gasteiger partial charge on any atom is -0.748 e. The zero-order chi connectivity index (χ0) is 4.99. The van der Waals surface area contributed by atoms with Gasteiger partial charge in [0.05, 0.1) is 0 Å². The highest BCUT2D eigenvalue weighted by Gasteiger charge is 1.70. The molecule has 38 valence electrons. The van der Waals surface area contributed by atoms with Gasteiger partial charge in [0.15, 0.2) is 0 Å². The fourth-order valence-electron chi connectivity index (χ4n) is 0.0304. The molecule has 5 nitrogen and oxygen atoms in total. The van der Waals surface area contributed by atoms with E-state index in [1.807, 2.05) is 0 Å². The van der Waals surface area contributed by atoms with E-state index < -0.39 is 11.4 Å². The maximum Gasteiger partial charge on any atom is 0.108 e. The standard InChI is InChI=1S/H3NO4S/c2-1-5-6(3)4/h1-2H,(H,3,4)/p-1. The van der Waals surface area contributed by atoms with Crippen LogP contribution in [0.1, 0.15) is 0 Å². The highest BCUT2D eigenvalue weighted by molar-refractivity contribution is 7.74. The van der Waals surface area contributed by atoms with Crippen molar-refractivity contribution in [2.75, 3.05) is 0 Å². The van der Waals surface area contributed by atoms with Gasteiger partial charge in [-0.15, -0.1) is 0 Å². The Bertz CT molecular complexity index is 51.5. The molecule has 0 bridgehead atoms. The number of hydrogen-bond donors (Lipinski definition) is 2. The fourth-order valence-corrected chi connectivity index (χ4v) is 0.0913. The fraction of sp³-hybridized carbons (Fsp3) is 0. The lowest BCUT2D eigenvalue weighted by molar-refractivity contribution is -0.0397. The topological polar surface area (TPSA) is 81.6 Å². The maximum absolute atomic E-state index is 9.15. The van der Waals surface area contributed by atoms with Crippen LogP contribution >= 0.6 is 0 Å². The van der Waals surface area contributed by atoms with Gasteiger partial charge in [-0.3, -0.25) is 5.21 Å². The van der Waals surface area contributed by atoms with Gasteiger partial charge < -0.3 is 4.55 Å². The van der Waals surface area contributed by atoms with E-state index in [0.717, 1.165) is 5.64 Å². The van der Waals surface area contributed by atoms with E-state index in [9.17, 15) is 0 Å². The third-order valence-electron chi connectivity index (χ3n) is 0.105. The second-order valence-corrected chi connectivity index (χ2v) is 0.954. The average molecular weight is 112 g/mol. The van der Waals surface area contributed by atoms with Crippen molar-refractivity contribution in [1.82, 2.24) is 5.64 Å². The van der Waals surface area contributed by atoms with Crippen molar-refractivity contribution in [2.45, 2.75) is 0 Å². The van der Waals surface area contributed by atoms with E-state index in [-0.39, 0.29) is 0 Å². The van der Waals surface area contributed by atoms with E-state index in [0.29, 0.717) is 0 Å². The molecule has 6 heteroatoms. The summed E-state index contributed by atoms with van der Waals surface area (Å²) in [5.41, 5.74) is 0.954. The number of hydrogen-bond acceptors (Lipinski definition) is 5. The Morgan fingerprint density at radius 2 is 2.50 bits per heavy atom. The van der Waals surface area contributed by atoms with Crippen LogP contribution in [0.15, 0.2) is 0 Å². The molecule has 0 fully saturated rings. The van der Waals surface area contributed by atoms with Gasteiger partial charge in [0.1, 0.15) is 11.4 Å². The minimum absolute atomic E-state index is 0.954. The lowest BCUT2D eigenvalue weighted by Gasteiger charge is -1.97. The van der Waals surface area contributed by atoms with Crippen molar-refractivity contribution >= 4 is 11.4 Å². The number of rotatable bonds is 2. The van der Waals surface area contributed by atoms with Crippen molar-refractivity contribution in [3.05, 3.63) is 0 Å². The quantitative estimate of drug-likeness (QED) is 0.342. The van der Waals surface area contributed by atoms with Crippen molar-refractivity contribution < 1.29 is 18.3 Å². The molecule has 0 saturated heterocycles. The molecule has 0 aromatic rings. The first-order valence-electron chi connectivity index (χ1n) is 0.928. The molecule has 0 aliphatic carbocycles. The molecule has 0 radical (unpaired) electrons. The third-order valence-corrected chi connectivity index (χ3v) is 0.316. The zero-order valence-corrected chi connectivity index (χ0v) is 3.40. The van der Waals surface area contributed by atoms with Crippen LogP contribution in [0.5, 0.6) is 0 Å². The summed E-state index contributed by atoms with van der Waals surface area (Å²) in [6.07, 6.45) is 0. The molecule has 0 spiro atoms. The molecule has 0 aromatic carbocycles. The van der Waals surface area contributed by atoms with Gasteiger partial charge >= 0.3 is 0 Å². The van der Waals surface area contributed by atoms with Gasteiger partial charge in [0, 0.05) is 0 Å².